The molecule has 0 bridgehead atoms. The highest BCUT2D eigenvalue weighted by atomic mass is 35.5. The fourth-order valence-electron chi connectivity index (χ4n) is 5.69. The van der Waals surface area contributed by atoms with Gasteiger partial charge in [-0.1, -0.05) is 23.7 Å². The van der Waals surface area contributed by atoms with Gasteiger partial charge in [-0.2, -0.15) is 0 Å². The quantitative estimate of drug-likeness (QED) is 0.421. The van der Waals surface area contributed by atoms with Crippen molar-refractivity contribution in [2.45, 2.75) is 18.4 Å². The van der Waals surface area contributed by atoms with E-state index in [9.17, 15) is 24.3 Å². The molecule has 0 saturated carbocycles. The van der Waals surface area contributed by atoms with Gasteiger partial charge in [0.15, 0.2) is 0 Å². The lowest BCUT2D eigenvalue weighted by Gasteiger charge is -2.56. The Bertz CT molecular complexity index is 1200. The summed E-state index contributed by atoms with van der Waals surface area (Å²) in [5.74, 6) is -1.76. The number of rotatable bonds is 6. The molecule has 2 aromatic rings. The van der Waals surface area contributed by atoms with Crippen LogP contribution in [-0.2, 0) is 15.1 Å². The topological polar surface area (TPSA) is 131 Å². The van der Waals surface area contributed by atoms with E-state index < -0.39 is 23.4 Å². The van der Waals surface area contributed by atoms with Crippen molar-refractivity contribution in [2.75, 3.05) is 44.6 Å². The second-order valence-corrected chi connectivity index (χ2v) is 10.3. The number of nitrogens with one attached hydrogen (secondary N) is 3. The van der Waals surface area contributed by atoms with Gasteiger partial charge in [-0.3, -0.25) is 34.8 Å². The van der Waals surface area contributed by atoms with Crippen LogP contribution < -0.4 is 16.0 Å². The number of barbiturate groups is 1. The lowest BCUT2D eigenvalue weighted by atomic mass is 9.70. The van der Waals surface area contributed by atoms with E-state index in [2.05, 4.69) is 20.9 Å². The summed E-state index contributed by atoms with van der Waals surface area (Å²) in [6.07, 6.45) is 1.57. The molecule has 0 aliphatic carbocycles. The van der Waals surface area contributed by atoms with Gasteiger partial charge < -0.3 is 10.4 Å². The van der Waals surface area contributed by atoms with Gasteiger partial charge in [0, 0.05) is 49.0 Å². The number of amides is 5. The van der Waals surface area contributed by atoms with Gasteiger partial charge in [0.05, 0.1) is 6.61 Å². The summed E-state index contributed by atoms with van der Waals surface area (Å²) < 4.78 is 0. The molecule has 0 aromatic heterocycles. The summed E-state index contributed by atoms with van der Waals surface area (Å²) in [6.45, 7) is 3.49. The number of hydrogen-bond donors (Lipinski definition) is 4. The molecule has 3 fully saturated rings. The lowest BCUT2D eigenvalue weighted by molar-refractivity contribution is -0.153. The molecule has 5 rings (SSSR count). The number of halogens is 1. The second kappa shape index (κ2) is 9.86. The average molecular weight is 526 g/mol. The van der Waals surface area contributed by atoms with Crippen LogP contribution in [0.1, 0.15) is 28.8 Å². The van der Waals surface area contributed by atoms with Crippen LogP contribution in [-0.4, -0.2) is 78.0 Å². The SMILES string of the molecule is O=C1NC(=O)C(c2ccc(C(=O)Nc3ccc(Cl)cc3)cc2)(N2CCC3(CC2)CN(CCO)C3)C(=O)N1. The summed E-state index contributed by atoms with van der Waals surface area (Å²) in [6, 6.07) is 12.1. The van der Waals surface area contributed by atoms with Gasteiger partial charge in [-0.15, -0.1) is 0 Å². The molecule has 3 aliphatic heterocycles. The number of piperidine rings is 1. The fraction of sp³-hybridized carbons (Fsp3) is 0.385. The maximum Gasteiger partial charge on any atom is 0.328 e. The van der Waals surface area contributed by atoms with Gasteiger partial charge in [-0.25, -0.2) is 4.79 Å². The number of carbonyl (C=O) groups is 4. The first-order valence-corrected chi connectivity index (χ1v) is 12.6. The predicted molar refractivity (Wildman–Crippen MR) is 136 cm³/mol. The molecule has 11 heteroatoms. The number of nitrogens with zero attached hydrogens (tertiary/aromatic N) is 2. The highest BCUT2D eigenvalue weighted by molar-refractivity contribution is 6.30. The molecule has 0 atom stereocenters. The molecule has 2 aromatic carbocycles. The maximum atomic E-state index is 13.3. The number of imide groups is 2. The Hall–Kier alpha value is -3.31. The zero-order chi connectivity index (χ0) is 26.2. The first-order valence-electron chi connectivity index (χ1n) is 12.2. The van der Waals surface area contributed by atoms with E-state index in [0.29, 0.717) is 41.5 Å². The lowest BCUT2D eigenvalue weighted by Crippen LogP contribution is -2.73. The van der Waals surface area contributed by atoms with Crippen LogP contribution in [0.5, 0.6) is 0 Å². The van der Waals surface area contributed by atoms with Crippen molar-refractivity contribution >= 4 is 41.0 Å². The van der Waals surface area contributed by atoms with Crippen molar-refractivity contribution < 1.29 is 24.3 Å². The smallest absolute Gasteiger partial charge is 0.328 e. The third-order valence-corrected chi connectivity index (χ3v) is 7.86. The number of aliphatic hydroxyl groups excluding tert-OH is 1. The number of benzene rings is 2. The number of carbonyl (C=O) groups excluding carboxylic acids is 4. The number of hydrogen-bond acceptors (Lipinski definition) is 7. The molecule has 5 amide bonds. The number of β-amino-alcohol motifs (C(OH)–C–C–N with tert-alkyl or cyclic N) is 1. The molecule has 3 aliphatic rings. The van der Waals surface area contributed by atoms with Crippen molar-refractivity contribution in [3.05, 3.63) is 64.7 Å². The van der Waals surface area contributed by atoms with Gasteiger partial charge >= 0.3 is 6.03 Å². The minimum atomic E-state index is -1.73. The summed E-state index contributed by atoms with van der Waals surface area (Å²) in [7, 11) is 0. The number of likely N-dealkylation sites (tertiary alicyclic amines) is 2. The van der Waals surface area contributed by atoms with Gasteiger partial charge in [0.1, 0.15) is 0 Å². The van der Waals surface area contributed by atoms with Crippen molar-refractivity contribution in [1.82, 2.24) is 20.4 Å². The Morgan fingerprint density at radius 1 is 0.946 bits per heavy atom. The third kappa shape index (κ3) is 4.61. The molecular formula is C26H28ClN5O5. The predicted octanol–water partition coefficient (Wildman–Crippen LogP) is 1.54. The number of aliphatic hydroxyl groups is 1. The zero-order valence-electron chi connectivity index (χ0n) is 20.1. The summed E-state index contributed by atoms with van der Waals surface area (Å²) in [5.41, 5.74) is -0.319. The summed E-state index contributed by atoms with van der Waals surface area (Å²) >= 11 is 5.90. The average Bonchev–Trinajstić information content (AvgIpc) is 2.86. The van der Waals surface area contributed by atoms with Crippen molar-refractivity contribution in [1.29, 1.82) is 0 Å². The standard InChI is InChI=1S/C26H28ClN5O5/c27-19-5-7-20(8-6-19)28-21(34)17-1-3-18(4-2-17)26(22(35)29-24(37)30-23(26)36)32-11-9-25(10-12-32)15-31(16-25)13-14-33/h1-8,33H,9-16H2,(H,28,34)(H2,29,30,35,36,37). The highest BCUT2D eigenvalue weighted by Crippen LogP contribution is 2.44. The number of anilines is 1. The second-order valence-electron chi connectivity index (χ2n) is 9.91. The van der Waals surface area contributed by atoms with E-state index in [1.54, 1.807) is 48.5 Å². The Labute approximate surface area is 218 Å². The van der Waals surface area contributed by atoms with Crippen LogP contribution in [0.4, 0.5) is 10.5 Å². The van der Waals surface area contributed by atoms with Crippen LogP contribution in [0.15, 0.2) is 48.5 Å². The molecule has 10 nitrogen and oxygen atoms in total. The minimum absolute atomic E-state index is 0.105. The normalized spacial score (nSPS) is 21.2. The Morgan fingerprint density at radius 2 is 1.54 bits per heavy atom. The van der Waals surface area contributed by atoms with Crippen LogP contribution in [0, 0.1) is 5.41 Å². The van der Waals surface area contributed by atoms with Crippen LogP contribution in [0.2, 0.25) is 5.02 Å². The molecule has 0 unspecified atom stereocenters. The molecule has 4 N–H and O–H groups in total. The van der Waals surface area contributed by atoms with Crippen molar-refractivity contribution in [3.8, 4) is 0 Å². The largest absolute Gasteiger partial charge is 0.395 e. The maximum absolute atomic E-state index is 13.3. The Balaban J connectivity index is 1.38. The van der Waals surface area contributed by atoms with E-state index in [1.807, 2.05) is 4.90 Å². The minimum Gasteiger partial charge on any atom is -0.395 e. The molecule has 3 saturated heterocycles. The van der Waals surface area contributed by atoms with Crippen LogP contribution >= 0.6 is 11.6 Å². The molecule has 37 heavy (non-hydrogen) atoms. The first kappa shape index (κ1) is 25.3. The Kier molecular flexibility index (Phi) is 6.76. The fourth-order valence-corrected chi connectivity index (χ4v) is 5.81. The molecule has 3 heterocycles. The van der Waals surface area contributed by atoms with E-state index in [1.165, 1.54) is 0 Å². The summed E-state index contributed by atoms with van der Waals surface area (Å²) in [4.78, 5) is 55.4. The zero-order valence-corrected chi connectivity index (χ0v) is 20.9. The Morgan fingerprint density at radius 3 is 2.11 bits per heavy atom. The van der Waals surface area contributed by atoms with E-state index in [4.69, 9.17) is 11.6 Å². The molecule has 194 valence electrons. The molecule has 1 spiro atoms. The molecule has 0 radical (unpaired) electrons. The van der Waals surface area contributed by atoms with E-state index in [0.717, 1.165) is 25.9 Å². The highest BCUT2D eigenvalue weighted by Gasteiger charge is 2.58. The van der Waals surface area contributed by atoms with Crippen molar-refractivity contribution in [2.24, 2.45) is 5.41 Å². The molecular weight excluding hydrogens is 498 g/mol. The third-order valence-electron chi connectivity index (χ3n) is 7.61. The van der Waals surface area contributed by atoms with Gasteiger partial charge in [0.25, 0.3) is 17.7 Å². The van der Waals surface area contributed by atoms with E-state index >= 15 is 0 Å². The summed E-state index contributed by atoms with van der Waals surface area (Å²) in [5, 5.41) is 17.1. The van der Waals surface area contributed by atoms with Crippen molar-refractivity contribution in [3.63, 3.8) is 0 Å². The van der Waals surface area contributed by atoms with Crippen LogP contribution in [0.3, 0.4) is 0 Å². The van der Waals surface area contributed by atoms with Crippen LogP contribution in [0.25, 0.3) is 0 Å². The van der Waals surface area contributed by atoms with E-state index in [-0.39, 0.29) is 17.9 Å². The monoisotopic (exact) mass is 525 g/mol. The van der Waals surface area contributed by atoms with Gasteiger partial charge in [0.2, 0.25) is 5.54 Å². The first-order chi connectivity index (χ1) is 17.8. The van der Waals surface area contributed by atoms with Gasteiger partial charge in [-0.05, 0) is 60.2 Å². The number of urea groups is 1.